The quantitative estimate of drug-likeness (QED) is 0.587. The van der Waals surface area contributed by atoms with Crippen LogP contribution in [-0.4, -0.2) is 18.2 Å². The maximum atomic E-state index is 8.15. The summed E-state index contributed by atoms with van der Waals surface area (Å²) in [5, 5.41) is 11.0. The van der Waals surface area contributed by atoms with Gasteiger partial charge in [-0.1, -0.05) is 13.0 Å². The molecule has 7 heavy (non-hydrogen) atoms. The summed E-state index contributed by atoms with van der Waals surface area (Å²) in [6.07, 6.45) is 0. The Kier molecular flexibility index (Phi) is 10.9. The number of hydrogen-bond donors (Lipinski definition) is 2. The molecule has 0 fully saturated rings. The molecule has 0 saturated heterocycles. The van der Waals surface area contributed by atoms with Crippen LogP contribution < -0.4 is 5.32 Å². The smallest absolute Gasteiger partial charge is 0 e. The minimum atomic E-state index is 0. The normalized spacial score (nSPS) is 12.4. The molecule has 0 heterocycles. The molecule has 0 amide bonds. The molecule has 0 saturated carbocycles. The van der Waals surface area contributed by atoms with Crippen LogP contribution in [0.4, 0.5) is 0 Å². The van der Waals surface area contributed by atoms with E-state index in [2.05, 4.69) is 5.32 Å². The summed E-state index contributed by atoms with van der Waals surface area (Å²) in [5.41, 5.74) is 0. The summed E-state index contributed by atoms with van der Waals surface area (Å²) in [6.45, 7) is 2.97. The van der Waals surface area contributed by atoms with Crippen molar-refractivity contribution in [3.8, 4) is 0 Å². The first kappa shape index (κ1) is 10.9. The Balaban J connectivity index is 0. The van der Waals surface area contributed by atoms with Gasteiger partial charge in [0, 0.05) is 32.7 Å². The van der Waals surface area contributed by atoms with E-state index in [0.29, 0.717) is 0 Å². The van der Waals surface area contributed by atoms with Crippen LogP contribution in [0.15, 0.2) is 0 Å². The first-order valence-corrected chi connectivity index (χ1v) is 1.96. The molecule has 0 rings (SSSR count). The van der Waals surface area contributed by atoms with Gasteiger partial charge in [-0.05, 0) is 7.05 Å². The van der Waals surface area contributed by atoms with Gasteiger partial charge in [0.05, 0.1) is 0 Å². The number of aliphatic hydroxyl groups excluding tert-OH is 1. The Bertz CT molecular complexity index is 30.9. The molecule has 0 aliphatic rings. The van der Waals surface area contributed by atoms with Gasteiger partial charge in [0.2, 0.25) is 0 Å². The number of hydrogen-bond acceptors (Lipinski definition) is 2. The maximum absolute atomic E-state index is 8.15. The summed E-state index contributed by atoms with van der Waals surface area (Å²) < 4.78 is 0. The van der Waals surface area contributed by atoms with Crippen molar-refractivity contribution in [1.82, 2.24) is 5.32 Å². The monoisotopic (exact) mass is 177 g/mol. The SMILES string of the molecule is CNC(C)[CH-]O.[Y]. The molecule has 0 bridgehead atoms. The van der Waals surface area contributed by atoms with E-state index in [0.717, 1.165) is 6.61 Å². The standard InChI is InChI=1S/C4H10NO.Y/c1-4(3-6)5-2;/h3-6H,1-2H3;/q-1;. The van der Waals surface area contributed by atoms with Crippen LogP contribution in [0, 0.1) is 6.61 Å². The fraction of sp³-hybridized carbons (Fsp3) is 0.750. The third-order valence-corrected chi connectivity index (χ3v) is 0.679. The van der Waals surface area contributed by atoms with Crippen LogP contribution in [0.2, 0.25) is 0 Å². The Morgan fingerprint density at radius 3 is 2.14 bits per heavy atom. The topological polar surface area (TPSA) is 32.3 Å². The minimum absolute atomic E-state index is 0. The van der Waals surface area contributed by atoms with Crippen molar-refractivity contribution in [2.45, 2.75) is 13.0 Å². The molecule has 0 aromatic carbocycles. The molecule has 41 valence electrons. The molecular weight excluding hydrogens is 167 g/mol. The van der Waals surface area contributed by atoms with Gasteiger partial charge in [-0.25, -0.2) is 0 Å². The van der Waals surface area contributed by atoms with Crippen LogP contribution in [0.25, 0.3) is 0 Å². The predicted molar refractivity (Wildman–Crippen MR) is 24.8 cm³/mol. The van der Waals surface area contributed by atoms with Gasteiger partial charge in [-0.3, -0.25) is 0 Å². The van der Waals surface area contributed by atoms with Crippen LogP contribution in [0.3, 0.4) is 0 Å². The summed E-state index contributed by atoms with van der Waals surface area (Å²) in [7, 11) is 1.79. The fourth-order valence-corrected chi connectivity index (χ4v) is 0.0745. The second-order valence-electron chi connectivity index (χ2n) is 1.23. The molecule has 2 N–H and O–H groups in total. The van der Waals surface area contributed by atoms with Gasteiger partial charge < -0.3 is 10.4 Å². The third kappa shape index (κ3) is 7.02. The molecule has 0 spiro atoms. The second-order valence-corrected chi connectivity index (χ2v) is 1.23. The van der Waals surface area contributed by atoms with Crippen molar-refractivity contribution >= 4 is 0 Å². The molecule has 3 heteroatoms. The Labute approximate surface area is 69.6 Å². The Hall–Kier alpha value is 1.02. The molecule has 0 aliphatic carbocycles. The van der Waals surface area contributed by atoms with E-state index in [-0.39, 0.29) is 38.8 Å². The summed E-state index contributed by atoms with van der Waals surface area (Å²) in [4.78, 5) is 0. The molecule has 0 aromatic rings. The zero-order chi connectivity index (χ0) is 4.99. The molecule has 2 nitrogen and oxygen atoms in total. The maximum Gasteiger partial charge on any atom is 0 e. The van der Waals surface area contributed by atoms with Gasteiger partial charge >= 0.3 is 0 Å². The first-order valence-electron chi connectivity index (χ1n) is 1.96. The van der Waals surface area contributed by atoms with Crippen molar-refractivity contribution < 1.29 is 37.8 Å². The molecule has 1 unspecified atom stereocenters. The number of nitrogens with one attached hydrogen (secondary N) is 1. The van der Waals surface area contributed by atoms with Crippen molar-refractivity contribution in [1.29, 1.82) is 0 Å². The van der Waals surface area contributed by atoms with E-state index in [1.54, 1.807) is 7.05 Å². The average molecular weight is 177 g/mol. The van der Waals surface area contributed by atoms with Crippen LogP contribution >= 0.6 is 0 Å². The van der Waals surface area contributed by atoms with Crippen molar-refractivity contribution in [2.75, 3.05) is 7.05 Å². The average Bonchev–Trinajstić information content (AvgIpc) is 1.65. The molecule has 0 aromatic heterocycles. The summed E-state index contributed by atoms with van der Waals surface area (Å²) in [6, 6.07) is 0.116. The second kappa shape index (κ2) is 7.02. The number of likely N-dealkylation sites (N-methyl/N-ethyl adjacent to an activating group) is 1. The van der Waals surface area contributed by atoms with E-state index >= 15 is 0 Å². The van der Waals surface area contributed by atoms with Crippen LogP contribution in [-0.2, 0) is 32.7 Å². The van der Waals surface area contributed by atoms with Gasteiger partial charge in [0.1, 0.15) is 0 Å². The zero-order valence-electron chi connectivity index (χ0n) is 4.68. The molecule has 1 atom stereocenters. The Morgan fingerprint density at radius 2 is 2.14 bits per heavy atom. The molecule has 1 radical (unpaired) electrons. The third-order valence-electron chi connectivity index (χ3n) is 0.679. The fourth-order valence-electron chi connectivity index (χ4n) is 0.0745. The van der Waals surface area contributed by atoms with Gasteiger partial charge in [-0.15, -0.1) is 0 Å². The summed E-state index contributed by atoms with van der Waals surface area (Å²) >= 11 is 0. The first-order chi connectivity index (χ1) is 2.81. The van der Waals surface area contributed by atoms with E-state index in [1.165, 1.54) is 0 Å². The zero-order valence-corrected chi connectivity index (χ0v) is 7.52. The Morgan fingerprint density at radius 1 is 1.71 bits per heavy atom. The van der Waals surface area contributed by atoms with Gasteiger partial charge in [-0.2, -0.15) is 6.61 Å². The van der Waals surface area contributed by atoms with Crippen LogP contribution in [0.1, 0.15) is 6.92 Å². The van der Waals surface area contributed by atoms with Gasteiger partial charge in [0.25, 0.3) is 0 Å². The minimum Gasteiger partial charge on any atom is -0.564 e. The van der Waals surface area contributed by atoms with E-state index in [4.69, 9.17) is 5.11 Å². The summed E-state index contributed by atoms with van der Waals surface area (Å²) in [5.74, 6) is 0. The van der Waals surface area contributed by atoms with Gasteiger partial charge in [0.15, 0.2) is 0 Å². The largest absolute Gasteiger partial charge is 0.564 e. The molecule has 0 aliphatic heterocycles. The van der Waals surface area contributed by atoms with E-state index in [1.807, 2.05) is 6.92 Å². The number of aliphatic hydroxyl groups is 1. The van der Waals surface area contributed by atoms with E-state index < -0.39 is 0 Å². The predicted octanol–water partition coefficient (Wildman–Crippen LogP) is 0.126. The number of rotatable bonds is 2. The van der Waals surface area contributed by atoms with Crippen molar-refractivity contribution in [3.63, 3.8) is 0 Å². The van der Waals surface area contributed by atoms with Crippen LogP contribution in [0.5, 0.6) is 0 Å². The molecular formula is C4H10NOY-. The van der Waals surface area contributed by atoms with Crippen molar-refractivity contribution in [2.24, 2.45) is 0 Å². The van der Waals surface area contributed by atoms with E-state index in [9.17, 15) is 0 Å². The van der Waals surface area contributed by atoms with Crippen molar-refractivity contribution in [3.05, 3.63) is 6.61 Å².